The molecule has 0 spiro atoms. The SMILES string of the molecule is CCCCNC(=O)c1cnc(NCCOC)nc1. The summed E-state index contributed by atoms with van der Waals surface area (Å²) < 4.78 is 4.90. The molecule has 100 valence electrons. The van der Waals surface area contributed by atoms with Crippen molar-refractivity contribution in [3.8, 4) is 0 Å². The summed E-state index contributed by atoms with van der Waals surface area (Å²) in [5.74, 6) is 0.365. The Kier molecular flexibility index (Phi) is 6.71. The quantitative estimate of drug-likeness (QED) is 0.677. The van der Waals surface area contributed by atoms with E-state index in [-0.39, 0.29) is 5.91 Å². The number of carbonyl (C=O) groups excluding carboxylic acids is 1. The Balaban J connectivity index is 2.41. The maximum atomic E-state index is 11.7. The summed E-state index contributed by atoms with van der Waals surface area (Å²) >= 11 is 0. The summed E-state index contributed by atoms with van der Waals surface area (Å²) in [5, 5.41) is 5.80. The number of nitrogens with zero attached hydrogens (tertiary/aromatic N) is 2. The fourth-order valence-electron chi connectivity index (χ4n) is 1.28. The molecule has 0 fully saturated rings. The normalized spacial score (nSPS) is 10.1. The summed E-state index contributed by atoms with van der Waals surface area (Å²) in [4.78, 5) is 19.8. The van der Waals surface area contributed by atoms with Crippen LogP contribution in [0.4, 0.5) is 5.95 Å². The number of nitrogens with one attached hydrogen (secondary N) is 2. The van der Waals surface area contributed by atoms with Gasteiger partial charge in [-0.3, -0.25) is 4.79 Å². The van der Waals surface area contributed by atoms with Gasteiger partial charge in [-0.2, -0.15) is 0 Å². The summed E-state index contributed by atoms with van der Waals surface area (Å²) in [6.07, 6.45) is 5.06. The summed E-state index contributed by atoms with van der Waals surface area (Å²) in [6, 6.07) is 0. The van der Waals surface area contributed by atoms with Gasteiger partial charge < -0.3 is 15.4 Å². The predicted molar refractivity (Wildman–Crippen MR) is 69.6 cm³/mol. The molecule has 1 rings (SSSR count). The molecule has 0 aliphatic carbocycles. The first-order valence-electron chi connectivity index (χ1n) is 6.11. The lowest BCUT2D eigenvalue weighted by Gasteiger charge is -2.05. The minimum Gasteiger partial charge on any atom is -0.383 e. The second-order valence-electron chi connectivity index (χ2n) is 3.82. The van der Waals surface area contributed by atoms with E-state index in [0.717, 1.165) is 12.8 Å². The number of amides is 1. The molecule has 18 heavy (non-hydrogen) atoms. The van der Waals surface area contributed by atoms with Crippen molar-refractivity contribution in [1.29, 1.82) is 0 Å². The molecule has 6 nitrogen and oxygen atoms in total. The number of aromatic nitrogens is 2. The molecule has 1 aromatic heterocycles. The molecular weight excluding hydrogens is 232 g/mol. The average molecular weight is 252 g/mol. The van der Waals surface area contributed by atoms with Crippen molar-refractivity contribution >= 4 is 11.9 Å². The van der Waals surface area contributed by atoms with Crippen LogP contribution in [0.2, 0.25) is 0 Å². The zero-order valence-electron chi connectivity index (χ0n) is 10.9. The monoisotopic (exact) mass is 252 g/mol. The van der Waals surface area contributed by atoms with Crippen LogP contribution in [0.5, 0.6) is 0 Å². The lowest BCUT2D eigenvalue weighted by atomic mass is 10.3. The highest BCUT2D eigenvalue weighted by Gasteiger charge is 2.05. The molecule has 1 aromatic rings. The molecule has 0 radical (unpaired) electrons. The Morgan fingerprint density at radius 2 is 2.06 bits per heavy atom. The van der Waals surface area contributed by atoms with E-state index in [1.807, 2.05) is 0 Å². The molecule has 0 unspecified atom stereocenters. The van der Waals surface area contributed by atoms with Gasteiger partial charge in [0.2, 0.25) is 5.95 Å². The highest BCUT2D eigenvalue weighted by molar-refractivity contribution is 5.93. The molecule has 1 heterocycles. The van der Waals surface area contributed by atoms with Crippen molar-refractivity contribution in [2.75, 3.05) is 32.1 Å². The molecule has 6 heteroatoms. The molecule has 1 amide bonds. The second kappa shape index (κ2) is 8.41. The minimum atomic E-state index is -0.133. The van der Waals surface area contributed by atoms with E-state index in [4.69, 9.17) is 4.74 Å². The number of hydrogen-bond donors (Lipinski definition) is 2. The Hall–Kier alpha value is -1.69. The van der Waals surface area contributed by atoms with Crippen LogP contribution in [-0.4, -0.2) is 42.7 Å². The van der Waals surface area contributed by atoms with Gasteiger partial charge in [-0.05, 0) is 6.42 Å². The average Bonchev–Trinajstić information content (AvgIpc) is 2.40. The lowest BCUT2D eigenvalue weighted by molar-refractivity contribution is 0.0952. The third kappa shape index (κ3) is 5.09. The van der Waals surface area contributed by atoms with E-state index in [9.17, 15) is 4.79 Å². The fourth-order valence-corrected chi connectivity index (χ4v) is 1.28. The van der Waals surface area contributed by atoms with E-state index in [0.29, 0.717) is 31.2 Å². The van der Waals surface area contributed by atoms with E-state index >= 15 is 0 Å². The van der Waals surface area contributed by atoms with Gasteiger partial charge in [0.25, 0.3) is 5.91 Å². The molecule has 0 aromatic carbocycles. The fraction of sp³-hybridized carbons (Fsp3) is 0.583. The topological polar surface area (TPSA) is 76.1 Å². The van der Waals surface area contributed by atoms with Gasteiger partial charge in [-0.1, -0.05) is 13.3 Å². The van der Waals surface area contributed by atoms with E-state index < -0.39 is 0 Å². The van der Waals surface area contributed by atoms with Crippen LogP contribution in [0.25, 0.3) is 0 Å². The highest BCUT2D eigenvalue weighted by atomic mass is 16.5. The van der Waals surface area contributed by atoms with Crippen molar-refractivity contribution in [1.82, 2.24) is 15.3 Å². The van der Waals surface area contributed by atoms with Crippen LogP contribution in [0, 0.1) is 0 Å². The molecule has 0 bridgehead atoms. The minimum absolute atomic E-state index is 0.133. The summed E-state index contributed by atoms with van der Waals surface area (Å²) in [6.45, 7) is 3.99. The number of carbonyl (C=O) groups is 1. The van der Waals surface area contributed by atoms with Gasteiger partial charge in [0.1, 0.15) is 0 Å². The van der Waals surface area contributed by atoms with E-state index in [1.54, 1.807) is 7.11 Å². The standard InChI is InChI=1S/C12H20N4O2/c1-3-4-5-13-11(17)10-8-15-12(16-9-10)14-6-7-18-2/h8-9H,3-7H2,1-2H3,(H,13,17)(H,14,15,16). The van der Waals surface area contributed by atoms with Gasteiger partial charge >= 0.3 is 0 Å². The van der Waals surface area contributed by atoms with Gasteiger partial charge in [0.15, 0.2) is 0 Å². The second-order valence-corrected chi connectivity index (χ2v) is 3.82. The number of anilines is 1. The molecular formula is C12H20N4O2. The molecule has 0 aliphatic heterocycles. The lowest BCUT2D eigenvalue weighted by Crippen LogP contribution is -2.24. The summed E-state index contributed by atoms with van der Waals surface area (Å²) in [5.41, 5.74) is 0.475. The molecule has 0 saturated heterocycles. The van der Waals surface area contributed by atoms with E-state index in [2.05, 4.69) is 27.5 Å². The van der Waals surface area contributed by atoms with Crippen molar-refractivity contribution in [3.63, 3.8) is 0 Å². The first-order valence-corrected chi connectivity index (χ1v) is 6.11. The number of rotatable bonds is 8. The van der Waals surface area contributed by atoms with Crippen molar-refractivity contribution < 1.29 is 9.53 Å². The Labute approximate surface area is 107 Å². The molecule has 0 atom stereocenters. The van der Waals surface area contributed by atoms with Crippen LogP contribution in [-0.2, 0) is 4.74 Å². The predicted octanol–water partition coefficient (Wildman–Crippen LogP) is 1.06. The van der Waals surface area contributed by atoms with Crippen LogP contribution in [0.3, 0.4) is 0 Å². The van der Waals surface area contributed by atoms with Crippen LogP contribution < -0.4 is 10.6 Å². The number of unbranched alkanes of at least 4 members (excludes halogenated alkanes) is 1. The van der Waals surface area contributed by atoms with Gasteiger partial charge in [0, 0.05) is 32.6 Å². The van der Waals surface area contributed by atoms with Crippen LogP contribution in [0.15, 0.2) is 12.4 Å². The Morgan fingerprint density at radius 1 is 1.33 bits per heavy atom. The van der Waals surface area contributed by atoms with E-state index in [1.165, 1.54) is 12.4 Å². The van der Waals surface area contributed by atoms with Crippen LogP contribution in [0.1, 0.15) is 30.1 Å². The molecule has 0 aliphatic rings. The van der Waals surface area contributed by atoms with Gasteiger partial charge in [-0.25, -0.2) is 9.97 Å². The highest BCUT2D eigenvalue weighted by Crippen LogP contribution is 2.00. The van der Waals surface area contributed by atoms with Crippen molar-refractivity contribution in [2.24, 2.45) is 0 Å². The number of ether oxygens (including phenoxy) is 1. The zero-order valence-corrected chi connectivity index (χ0v) is 10.9. The zero-order chi connectivity index (χ0) is 13.2. The third-order valence-corrected chi connectivity index (χ3v) is 2.32. The maximum absolute atomic E-state index is 11.7. The summed E-state index contributed by atoms with van der Waals surface area (Å²) in [7, 11) is 1.63. The smallest absolute Gasteiger partial charge is 0.254 e. The molecule has 2 N–H and O–H groups in total. The van der Waals surface area contributed by atoms with Crippen LogP contribution >= 0.6 is 0 Å². The van der Waals surface area contributed by atoms with Gasteiger partial charge in [-0.15, -0.1) is 0 Å². The van der Waals surface area contributed by atoms with Gasteiger partial charge in [0.05, 0.1) is 12.2 Å². The third-order valence-electron chi connectivity index (χ3n) is 2.32. The Morgan fingerprint density at radius 3 is 2.67 bits per heavy atom. The van der Waals surface area contributed by atoms with Crippen molar-refractivity contribution in [3.05, 3.63) is 18.0 Å². The first kappa shape index (κ1) is 14.4. The Bertz CT molecular complexity index is 354. The number of methoxy groups -OCH3 is 1. The molecule has 0 saturated carbocycles. The van der Waals surface area contributed by atoms with Crippen molar-refractivity contribution in [2.45, 2.75) is 19.8 Å². The largest absolute Gasteiger partial charge is 0.383 e. The number of hydrogen-bond acceptors (Lipinski definition) is 5. The maximum Gasteiger partial charge on any atom is 0.254 e. The first-order chi connectivity index (χ1) is 8.77.